The second-order valence-electron chi connectivity index (χ2n) is 4.72. The van der Waals surface area contributed by atoms with Crippen LogP contribution in [0.5, 0.6) is 0 Å². The predicted octanol–water partition coefficient (Wildman–Crippen LogP) is 2.54. The minimum Gasteiger partial charge on any atom is -0.294 e. The minimum absolute atomic E-state index is 0.0561. The molecule has 23 heavy (non-hydrogen) atoms. The van der Waals surface area contributed by atoms with Crippen LogP contribution in [-0.2, 0) is 10.0 Å². The molecular weight excluding hydrogens is 337 g/mol. The zero-order valence-electron chi connectivity index (χ0n) is 12.0. The SMILES string of the molecule is O=S(=O)(NCCSc1cccc2nccn12)c1ccc(F)cc1. The van der Waals surface area contributed by atoms with Crippen LogP contribution in [0.3, 0.4) is 0 Å². The highest BCUT2D eigenvalue weighted by Crippen LogP contribution is 2.19. The number of aromatic nitrogens is 2. The zero-order chi connectivity index (χ0) is 16.3. The number of nitrogens with one attached hydrogen (secondary N) is 1. The number of rotatable bonds is 6. The molecule has 0 spiro atoms. The van der Waals surface area contributed by atoms with E-state index in [1.165, 1.54) is 23.9 Å². The van der Waals surface area contributed by atoms with Crippen molar-refractivity contribution >= 4 is 27.4 Å². The molecule has 1 N–H and O–H groups in total. The van der Waals surface area contributed by atoms with Gasteiger partial charge < -0.3 is 0 Å². The van der Waals surface area contributed by atoms with E-state index in [2.05, 4.69) is 9.71 Å². The van der Waals surface area contributed by atoms with Crippen molar-refractivity contribution in [1.29, 1.82) is 0 Å². The molecule has 120 valence electrons. The topological polar surface area (TPSA) is 63.5 Å². The van der Waals surface area contributed by atoms with Crippen LogP contribution < -0.4 is 4.72 Å². The fraction of sp³-hybridized carbons (Fsp3) is 0.133. The monoisotopic (exact) mass is 351 g/mol. The van der Waals surface area contributed by atoms with Crippen molar-refractivity contribution in [2.75, 3.05) is 12.3 Å². The Labute approximate surface area is 137 Å². The van der Waals surface area contributed by atoms with Crippen molar-refractivity contribution in [2.24, 2.45) is 0 Å². The number of sulfonamides is 1. The molecule has 0 radical (unpaired) electrons. The first-order valence-corrected chi connectivity index (χ1v) is 9.33. The third-order valence-corrected chi connectivity index (χ3v) is 5.67. The van der Waals surface area contributed by atoms with Gasteiger partial charge in [-0.2, -0.15) is 0 Å². The Hall–Kier alpha value is -1.90. The molecule has 0 aliphatic rings. The third kappa shape index (κ3) is 3.72. The third-order valence-electron chi connectivity index (χ3n) is 3.16. The summed E-state index contributed by atoms with van der Waals surface area (Å²) in [6.07, 6.45) is 3.58. The highest BCUT2D eigenvalue weighted by Gasteiger charge is 2.13. The van der Waals surface area contributed by atoms with Gasteiger partial charge in [0.2, 0.25) is 10.0 Å². The quantitative estimate of drug-likeness (QED) is 0.548. The van der Waals surface area contributed by atoms with Gasteiger partial charge in [-0.1, -0.05) is 6.07 Å². The van der Waals surface area contributed by atoms with E-state index in [9.17, 15) is 12.8 Å². The van der Waals surface area contributed by atoms with Gasteiger partial charge in [0.25, 0.3) is 0 Å². The summed E-state index contributed by atoms with van der Waals surface area (Å²) in [6, 6.07) is 10.5. The number of hydrogen-bond donors (Lipinski definition) is 1. The standard InChI is InChI=1S/C15H14FN3O2S2/c16-12-4-6-13(7-5-12)23(20,21)18-9-11-22-15-3-1-2-14-17-8-10-19(14)15/h1-8,10,18H,9,11H2. The lowest BCUT2D eigenvalue weighted by Crippen LogP contribution is -2.26. The van der Waals surface area contributed by atoms with E-state index < -0.39 is 15.8 Å². The Bertz CT molecular complexity index is 908. The Morgan fingerprint density at radius 3 is 2.74 bits per heavy atom. The number of halogens is 1. The van der Waals surface area contributed by atoms with Crippen LogP contribution in [0.15, 0.2) is 64.8 Å². The number of pyridine rings is 1. The summed E-state index contributed by atoms with van der Waals surface area (Å²) in [5.41, 5.74) is 0.849. The number of benzene rings is 1. The van der Waals surface area contributed by atoms with E-state index in [1.54, 1.807) is 6.20 Å². The first-order valence-electron chi connectivity index (χ1n) is 6.86. The molecule has 0 aliphatic heterocycles. The molecule has 0 aliphatic carbocycles. The van der Waals surface area contributed by atoms with Gasteiger partial charge in [0.05, 0.1) is 9.92 Å². The number of fused-ring (bicyclic) bond motifs is 1. The average Bonchev–Trinajstić information content (AvgIpc) is 3.01. The Balaban J connectivity index is 1.59. The van der Waals surface area contributed by atoms with Crippen LogP contribution >= 0.6 is 11.8 Å². The minimum atomic E-state index is -3.61. The molecule has 0 fully saturated rings. The highest BCUT2D eigenvalue weighted by molar-refractivity contribution is 7.99. The van der Waals surface area contributed by atoms with Crippen molar-refractivity contribution in [3.8, 4) is 0 Å². The molecule has 0 atom stereocenters. The van der Waals surface area contributed by atoms with Crippen LogP contribution in [0.4, 0.5) is 4.39 Å². The largest absolute Gasteiger partial charge is 0.294 e. The maximum Gasteiger partial charge on any atom is 0.240 e. The molecule has 0 saturated carbocycles. The molecule has 2 heterocycles. The summed E-state index contributed by atoms with van der Waals surface area (Å²) in [4.78, 5) is 4.26. The van der Waals surface area contributed by atoms with Gasteiger partial charge in [0.15, 0.2) is 0 Å². The van der Waals surface area contributed by atoms with Gasteiger partial charge in [0.1, 0.15) is 11.5 Å². The normalized spacial score (nSPS) is 11.9. The van der Waals surface area contributed by atoms with Gasteiger partial charge in [-0.25, -0.2) is 22.5 Å². The van der Waals surface area contributed by atoms with Crippen LogP contribution in [-0.4, -0.2) is 30.1 Å². The van der Waals surface area contributed by atoms with Gasteiger partial charge in [-0.05, 0) is 36.4 Å². The van der Waals surface area contributed by atoms with Crippen molar-refractivity contribution in [3.63, 3.8) is 0 Å². The molecule has 5 nitrogen and oxygen atoms in total. The fourth-order valence-electron chi connectivity index (χ4n) is 2.07. The summed E-state index contributed by atoms with van der Waals surface area (Å²) in [5, 5.41) is 0.987. The Morgan fingerprint density at radius 2 is 1.96 bits per heavy atom. The molecule has 2 aromatic heterocycles. The average molecular weight is 351 g/mol. The molecule has 0 amide bonds. The summed E-state index contributed by atoms with van der Waals surface area (Å²) in [7, 11) is -3.61. The lowest BCUT2D eigenvalue weighted by atomic mass is 10.4. The summed E-state index contributed by atoms with van der Waals surface area (Å²) >= 11 is 1.53. The van der Waals surface area contributed by atoms with Crippen LogP contribution in [0.25, 0.3) is 5.65 Å². The fourth-order valence-corrected chi connectivity index (χ4v) is 4.11. The summed E-state index contributed by atoms with van der Waals surface area (Å²) < 4.78 is 41.4. The van der Waals surface area contributed by atoms with E-state index in [1.807, 2.05) is 28.8 Å². The Morgan fingerprint density at radius 1 is 1.17 bits per heavy atom. The lowest BCUT2D eigenvalue weighted by Gasteiger charge is -2.08. The smallest absolute Gasteiger partial charge is 0.240 e. The predicted molar refractivity (Wildman–Crippen MR) is 87.5 cm³/mol. The van der Waals surface area contributed by atoms with Crippen molar-refractivity contribution in [3.05, 3.63) is 60.7 Å². The molecule has 0 unspecified atom stereocenters. The molecular formula is C15H14FN3O2S2. The van der Waals surface area contributed by atoms with Crippen molar-refractivity contribution in [1.82, 2.24) is 14.1 Å². The first kappa shape index (κ1) is 16.0. The van der Waals surface area contributed by atoms with E-state index in [4.69, 9.17) is 0 Å². The molecule has 3 rings (SSSR count). The maximum atomic E-state index is 12.8. The van der Waals surface area contributed by atoms with Crippen LogP contribution in [0, 0.1) is 5.82 Å². The number of hydrogen-bond acceptors (Lipinski definition) is 4. The van der Waals surface area contributed by atoms with Gasteiger partial charge in [-0.15, -0.1) is 11.8 Å². The molecule has 1 aromatic carbocycles. The van der Waals surface area contributed by atoms with E-state index in [0.717, 1.165) is 22.8 Å². The van der Waals surface area contributed by atoms with E-state index in [-0.39, 0.29) is 11.4 Å². The molecule has 3 aromatic rings. The maximum absolute atomic E-state index is 12.8. The zero-order valence-corrected chi connectivity index (χ0v) is 13.6. The number of nitrogens with zero attached hydrogens (tertiary/aromatic N) is 2. The molecule has 0 saturated heterocycles. The second kappa shape index (κ2) is 6.69. The first-order chi connectivity index (χ1) is 11.1. The van der Waals surface area contributed by atoms with Crippen LogP contribution in [0.2, 0.25) is 0 Å². The van der Waals surface area contributed by atoms with Crippen LogP contribution in [0.1, 0.15) is 0 Å². The summed E-state index contributed by atoms with van der Waals surface area (Å²) in [5.74, 6) is 0.102. The number of imidazole rings is 1. The van der Waals surface area contributed by atoms with E-state index >= 15 is 0 Å². The highest BCUT2D eigenvalue weighted by atomic mass is 32.2. The van der Waals surface area contributed by atoms with Crippen molar-refractivity contribution in [2.45, 2.75) is 9.92 Å². The van der Waals surface area contributed by atoms with E-state index in [0.29, 0.717) is 5.75 Å². The number of thioether (sulfide) groups is 1. The lowest BCUT2D eigenvalue weighted by molar-refractivity contribution is 0.583. The van der Waals surface area contributed by atoms with Gasteiger partial charge in [-0.3, -0.25) is 4.40 Å². The molecule has 0 bridgehead atoms. The second-order valence-corrected chi connectivity index (χ2v) is 7.60. The summed E-state index contributed by atoms with van der Waals surface area (Å²) in [6.45, 7) is 0.273. The van der Waals surface area contributed by atoms with Gasteiger partial charge >= 0.3 is 0 Å². The molecule has 8 heteroatoms. The van der Waals surface area contributed by atoms with Gasteiger partial charge in [0, 0.05) is 24.7 Å². The Kier molecular flexibility index (Phi) is 4.65. The van der Waals surface area contributed by atoms with Crippen molar-refractivity contribution < 1.29 is 12.8 Å².